The molecular weight excluding hydrogens is 167 g/mol. The Kier molecular flexibility index (Phi) is 68.9. The van der Waals surface area contributed by atoms with Gasteiger partial charge in [0, 0.05) is 32.7 Å². The average Bonchev–Trinajstić information content (AvgIpc) is 1.72. The zero-order chi connectivity index (χ0) is 5.41. The molecule has 0 aromatic rings. The van der Waals surface area contributed by atoms with Gasteiger partial charge < -0.3 is 17.0 Å². The molecule has 0 heterocycles. The molecule has 1 amide bonds. The number of rotatable bonds is 1. The van der Waals surface area contributed by atoms with E-state index in [9.17, 15) is 0 Å². The van der Waals surface area contributed by atoms with E-state index >= 15 is 0 Å². The quantitative estimate of drug-likeness (QED) is 0.446. The average molecular weight is 176 g/mol. The molecule has 0 aliphatic heterocycles. The predicted octanol–water partition coefficient (Wildman–Crippen LogP) is 0.111. The molecule has 1 N–H and O–H groups in total. The maximum Gasteiger partial charge on any atom is 0 e. The van der Waals surface area contributed by atoms with Crippen molar-refractivity contribution in [3.8, 4) is 0 Å². The Labute approximate surface area is 69.9 Å². The predicted molar refractivity (Wildman–Crippen MR) is 25.8 cm³/mol. The molecule has 0 bridgehead atoms. The van der Waals surface area contributed by atoms with Crippen molar-refractivity contribution in [2.75, 3.05) is 7.05 Å². The molecule has 0 rings (SSSR count). The van der Waals surface area contributed by atoms with E-state index in [1.807, 2.05) is 0 Å². The summed E-state index contributed by atoms with van der Waals surface area (Å²) in [7, 11) is 1.51. The fraction of sp³-hybridized carbons (Fsp3) is 0.500. The first-order valence-electron chi connectivity index (χ1n) is 1.66. The zero-order valence-electron chi connectivity index (χ0n) is 4.69. The SMILES string of the molecule is CN[C-]=O.[CH2-]C.[Y]. The Hall–Kier alpha value is 0.574. The van der Waals surface area contributed by atoms with Crippen LogP contribution in [0.2, 0.25) is 0 Å². The van der Waals surface area contributed by atoms with E-state index in [1.54, 1.807) is 6.92 Å². The second-order valence-electron chi connectivity index (χ2n) is 0.352. The maximum atomic E-state index is 8.94. The van der Waals surface area contributed by atoms with Gasteiger partial charge in [0.05, 0.1) is 0 Å². The van der Waals surface area contributed by atoms with Crippen LogP contribution in [0.15, 0.2) is 0 Å². The Morgan fingerprint density at radius 2 is 1.71 bits per heavy atom. The first-order valence-corrected chi connectivity index (χ1v) is 1.66. The Bertz CT molecular complexity index is 25.7. The summed E-state index contributed by atoms with van der Waals surface area (Å²) in [6, 6.07) is 0. The molecule has 0 fully saturated rings. The van der Waals surface area contributed by atoms with Gasteiger partial charge in [0.2, 0.25) is 0 Å². The summed E-state index contributed by atoms with van der Waals surface area (Å²) in [6.45, 7) is 5.00. The van der Waals surface area contributed by atoms with Gasteiger partial charge >= 0.3 is 0 Å². The Morgan fingerprint density at radius 1 is 1.57 bits per heavy atom. The van der Waals surface area contributed by atoms with E-state index in [1.165, 1.54) is 13.5 Å². The first kappa shape index (κ1) is 15.6. The number of hydrogen-bond donors (Lipinski definition) is 1. The van der Waals surface area contributed by atoms with Crippen molar-refractivity contribution in [1.29, 1.82) is 0 Å². The molecule has 0 aliphatic carbocycles. The van der Waals surface area contributed by atoms with Crippen molar-refractivity contribution in [1.82, 2.24) is 5.32 Å². The van der Waals surface area contributed by atoms with Crippen LogP contribution in [0.5, 0.6) is 0 Å². The molecule has 0 unspecified atom stereocenters. The number of carbonyl (C=O) groups excluding carboxylic acids is 1. The van der Waals surface area contributed by atoms with Crippen molar-refractivity contribution in [2.45, 2.75) is 6.92 Å². The largest absolute Gasteiger partial charge is 0.532 e. The van der Waals surface area contributed by atoms with Gasteiger partial charge in [-0.05, 0) is 7.05 Å². The number of nitrogens with one attached hydrogen (secondary N) is 1. The minimum atomic E-state index is 0. The molecule has 0 aromatic heterocycles. The van der Waals surface area contributed by atoms with E-state index < -0.39 is 0 Å². The van der Waals surface area contributed by atoms with Crippen molar-refractivity contribution in [3.63, 3.8) is 0 Å². The van der Waals surface area contributed by atoms with Gasteiger partial charge in [-0.1, -0.05) is 0 Å². The van der Waals surface area contributed by atoms with Crippen LogP contribution in [0, 0.1) is 6.92 Å². The molecule has 1 radical (unpaired) electrons. The summed E-state index contributed by atoms with van der Waals surface area (Å²) in [5.41, 5.74) is 0. The summed E-state index contributed by atoms with van der Waals surface area (Å²) in [4.78, 5) is 8.94. The fourth-order valence-electron chi connectivity index (χ4n) is 0. The number of hydrogen-bond acceptors (Lipinski definition) is 1. The van der Waals surface area contributed by atoms with Crippen LogP contribution in [0.3, 0.4) is 0 Å². The minimum absolute atomic E-state index is 0. The van der Waals surface area contributed by atoms with Gasteiger partial charge in [-0.15, -0.1) is 0 Å². The number of amides is 1. The normalized spacial score (nSPS) is 3.86. The summed E-state index contributed by atoms with van der Waals surface area (Å²) in [5, 5.41) is 2.12. The molecule has 3 heteroatoms. The maximum absolute atomic E-state index is 8.94. The van der Waals surface area contributed by atoms with Gasteiger partial charge in [-0.25, -0.2) is 0 Å². The first-order chi connectivity index (χ1) is 2.91. The van der Waals surface area contributed by atoms with E-state index in [-0.39, 0.29) is 32.7 Å². The monoisotopic (exact) mass is 176 g/mol. The van der Waals surface area contributed by atoms with Crippen LogP contribution in [0.25, 0.3) is 0 Å². The Balaban J connectivity index is -0.0000000480. The molecule has 0 spiro atoms. The molecule has 0 aromatic carbocycles. The van der Waals surface area contributed by atoms with Gasteiger partial charge in [-0.3, -0.25) is 0 Å². The van der Waals surface area contributed by atoms with Crippen LogP contribution >= 0.6 is 0 Å². The van der Waals surface area contributed by atoms with E-state index in [0.29, 0.717) is 0 Å². The van der Waals surface area contributed by atoms with E-state index in [0.717, 1.165) is 0 Å². The summed E-state index contributed by atoms with van der Waals surface area (Å²) in [6.07, 6.45) is 1.43. The Morgan fingerprint density at radius 3 is 1.71 bits per heavy atom. The van der Waals surface area contributed by atoms with Gasteiger partial charge in [0.1, 0.15) is 0 Å². The minimum Gasteiger partial charge on any atom is -0.532 e. The van der Waals surface area contributed by atoms with Crippen molar-refractivity contribution in [3.05, 3.63) is 6.92 Å². The standard InChI is InChI=1S/C2H4NO.C2H5.Y/c1-3-2-4;1-2;/h1H3,(H,3,4);1H2,2H3;/q2*-1;. The molecule has 2 nitrogen and oxygen atoms in total. The van der Waals surface area contributed by atoms with Crippen LogP contribution in [0.1, 0.15) is 6.92 Å². The summed E-state index contributed by atoms with van der Waals surface area (Å²) in [5.74, 6) is 0. The zero-order valence-corrected chi connectivity index (χ0v) is 7.53. The van der Waals surface area contributed by atoms with Crippen LogP contribution < -0.4 is 5.32 Å². The topological polar surface area (TPSA) is 29.1 Å². The van der Waals surface area contributed by atoms with Gasteiger partial charge in [-0.2, -0.15) is 13.3 Å². The molecule has 0 saturated heterocycles. The van der Waals surface area contributed by atoms with Crippen LogP contribution in [-0.2, 0) is 37.5 Å². The molecule has 0 atom stereocenters. The third-order valence-corrected chi connectivity index (χ3v) is 0.102. The van der Waals surface area contributed by atoms with Crippen molar-refractivity contribution >= 4 is 6.41 Å². The molecule has 0 aliphatic rings. The molecule has 41 valence electrons. The van der Waals surface area contributed by atoms with Crippen LogP contribution in [-0.4, -0.2) is 13.5 Å². The second kappa shape index (κ2) is 30.8. The van der Waals surface area contributed by atoms with E-state index in [2.05, 4.69) is 12.2 Å². The molecule has 0 saturated carbocycles. The third kappa shape index (κ3) is 55.5. The third-order valence-electron chi connectivity index (χ3n) is 0.102. The summed E-state index contributed by atoms with van der Waals surface area (Å²) < 4.78 is 0. The smallest absolute Gasteiger partial charge is 0 e. The summed E-state index contributed by atoms with van der Waals surface area (Å²) >= 11 is 0. The molecule has 7 heavy (non-hydrogen) atoms. The van der Waals surface area contributed by atoms with Crippen molar-refractivity contribution < 1.29 is 37.5 Å². The molecular formula is C4H9NOY-2. The second-order valence-corrected chi connectivity index (χ2v) is 0.352. The van der Waals surface area contributed by atoms with Crippen LogP contribution in [0.4, 0.5) is 0 Å². The fourth-order valence-corrected chi connectivity index (χ4v) is 0. The van der Waals surface area contributed by atoms with Crippen molar-refractivity contribution in [2.24, 2.45) is 0 Å². The van der Waals surface area contributed by atoms with Gasteiger partial charge in [0.15, 0.2) is 0 Å². The van der Waals surface area contributed by atoms with Gasteiger partial charge in [0.25, 0.3) is 0 Å². The van der Waals surface area contributed by atoms with E-state index in [4.69, 9.17) is 4.79 Å².